The summed E-state index contributed by atoms with van der Waals surface area (Å²) >= 11 is 0. The Kier molecular flexibility index (Phi) is 3.99. The number of rotatable bonds is 3. The topological polar surface area (TPSA) is 80.6 Å². The first-order chi connectivity index (χ1) is 13.3. The van der Waals surface area contributed by atoms with Crippen LogP contribution in [0.3, 0.4) is 0 Å². The number of nitrogens with zero attached hydrogens (tertiary/aromatic N) is 7. The molecule has 5 heterocycles. The minimum atomic E-state index is 0.685. The average Bonchev–Trinajstić information content (AvgIpc) is 2.74. The highest BCUT2D eigenvalue weighted by Crippen LogP contribution is 2.21. The third-order valence-corrected chi connectivity index (χ3v) is 4.74. The second-order valence-corrected chi connectivity index (χ2v) is 6.61. The molecule has 0 aromatic carbocycles. The molecule has 4 aromatic rings. The summed E-state index contributed by atoms with van der Waals surface area (Å²) in [5.74, 6) is 0.685. The summed E-state index contributed by atoms with van der Waals surface area (Å²) in [7, 11) is 0. The zero-order chi connectivity index (χ0) is 18.1. The molecule has 0 spiro atoms. The van der Waals surface area contributed by atoms with Crippen molar-refractivity contribution in [3.8, 4) is 11.4 Å². The monoisotopic (exact) mass is 355 g/mol. The summed E-state index contributed by atoms with van der Waals surface area (Å²) in [6.45, 7) is 2.56. The molecule has 0 unspecified atom stereocenters. The lowest BCUT2D eigenvalue weighted by Crippen LogP contribution is -2.31. The van der Waals surface area contributed by atoms with E-state index in [1.165, 1.54) is 11.9 Å². The molecular formula is C20H17N7. The van der Waals surface area contributed by atoms with Gasteiger partial charge in [-0.05, 0) is 24.3 Å². The predicted molar refractivity (Wildman–Crippen MR) is 100 cm³/mol. The van der Waals surface area contributed by atoms with Crippen LogP contribution in [0.2, 0.25) is 0 Å². The van der Waals surface area contributed by atoms with E-state index >= 15 is 0 Å². The fourth-order valence-corrected chi connectivity index (χ4v) is 3.37. The summed E-state index contributed by atoms with van der Waals surface area (Å²) in [6, 6.07) is 8.12. The molecule has 4 aromatic heterocycles. The zero-order valence-corrected chi connectivity index (χ0v) is 14.7. The summed E-state index contributed by atoms with van der Waals surface area (Å²) in [5.41, 5.74) is 4.94. The summed E-state index contributed by atoms with van der Waals surface area (Å²) in [5, 5.41) is 1.07. The van der Waals surface area contributed by atoms with Crippen molar-refractivity contribution >= 4 is 11.0 Å². The predicted octanol–water partition coefficient (Wildman–Crippen LogP) is 2.44. The minimum absolute atomic E-state index is 0.685. The molecule has 7 nitrogen and oxygen atoms in total. The van der Waals surface area contributed by atoms with Gasteiger partial charge in [0.15, 0.2) is 11.5 Å². The first kappa shape index (κ1) is 15.9. The molecule has 7 heteroatoms. The van der Waals surface area contributed by atoms with Crippen molar-refractivity contribution in [2.24, 2.45) is 0 Å². The third kappa shape index (κ3) is 3.24. The standard InChI is InChI=1S/C20H17N7/c1-2-14-3-4-17(25-19(14)23-6-1)12-27-7-5-18-16(11-27)10-24-20(26-18)15-8-21-13-22-9-15/h1-4,6,8-10,13H,5,7,11-12H2. The molecule has 0 N–H and O–H groups in total. The van der Waals surface area contributed by atoms with Gasteiger partial charge >= 0.3 is 0 Å². The molecule has 0 bridgehead atoms. The zero-order valence-electron chi connectivity index (χ0n) is 14.7. The lowest BCUT2D eigenvalue weighted by atomic mass is 10.1. The molecular weight excluding hydrogens is 338 g/mol. The maximum atomic E-state index is 4.72. The second-order valence-electron chi connectivity index (χ2n) is 6.61. The lowest BCUT2D eigenvalue weighted by molar-refractivity contribution is 0.240. The van der Waals surface area contributed by atoms with Crippen LogP contribution in [0.4, 0.5) is 0 Å². The first-order valence-corrected chi connectivity index (χ1v) is 8.88. The highest BCUT2D eigenvalue weighted by molar-refractivity contribution is 5.74. The Morgan fingerprint density at radius 3 is 2.81 bits per heavy atom. The number of aromatic nitrogens is 6. The van der Waals surface area contributed by atoms with Gasteiger partial charge in [-0.3, -0.25) is 4.90 Å². The van der Waals surface area contributed by atoms with Crippen LogP contribution < -0.4 is 0 Å². The molecule has 1 aliphatic rings. The van der Waals surface area contributed by atoms with Crippen molar-refractivity contribution in [3.05, 3.63) is 72.3 Å². The van der Waals surface area contributed by atoms with Crippen LogP contribution in [0, 0.1) is 0 Å². The summed E-state index contributed by atoms with van der Waals surface area (Å²) in [6.07, 6.45) is 9.59. The van der Waals surface area contributed by atoms with Crippen LogP contribution in [0.25, 0.3) is 22.4 Å². The molecule has 132 valence electrons. The Morgan fingerprint density at radius 1 is 0.963 bits per heavy atom. The van der Waals surface area contributed by atoms with Gasteiger partial charge in [0.2, 0.25) is 0 Å². The van der Waals surface area contributed by atoms with Crippen LogP contribution in [0.5, 0.6) is 0 Å². The maximum absolute atomic E-state index is 4.72. The van der Waals surface area contributed by atoms with Gasteiger partial charge in [-0.15, -0.1) is 0 Å². The smallest absolute Gasteiger partial charge is 0.162 e. The van der Waals surface area contributed by atoms with Crippen molar-refractivity contribution in [2.45, 2.75) is 19.5 Å². The fraction of sp³-hybridized carbons (Fsp3) is 0.200. The number of fused-ring (bicyclic) bond motifs is 2. The summed E-state index contributed by atoms with van der Waals surface area (Å²) in [4.78, 5) is 28.7. The summed E-state index contributed by atoms with van der Waals surface area (Å²) < 4.78 is 0. The van der Waals surface area contributed by atoms with E-state index in [2.05, 4.69) is 42.0 Å². The van der Waals surface area contributed by atoms with E-state index in [-0.39, 0.29) is 0 Å². The fourth-order valence-electron chi connectivity index (χ4n) is 3.37. The van der Waals surface area contributed by atoms with E-state index in [1.807, 2.05) is 18.3 Å². The molecule has 0 aliphatic carbocycles. The average molecular weight is 355 g/mol. The molecule has 0 fully saturated rings. The first-order valence-electron chi connectivity index (χ1n) is 8.88. The minimum Gasteiger partial charge on any atom is -0.293 e. The highest BCUT2D eigenvalue weighted by atomic mass is 15.1. The Bertz CT molecular complexity index is 1100. The van der Waals surface area contributed by atoms with Gasteiger partial charge in [0.25, 0.3) is 0 Å². The Hall–Kier alpha value is -3.32. The van der Waals surface area contributed by atoms with Crippen molar-refractivity contribution in [3.63, 3.8) is 0 Å². The Labute approximate surface area is 156 Å². The van der Waals surface area contributed by atoms with E-state index in [4.69, 9.17) is 4.98 Å². The van der Waals surface area contributed by atoms with Crippen molar-refractivity contribution in [1.82, 2.24) is 34.8 Å². The molecule has 27 heavy (non-hydrogen) atoms. The van der Waals surface area contributed by atoms with Crippen LogP contribution in [-0.4, -0.2) is 41.3 Å². The van der Waals surface area contributed by atoms with E-state index in [1.54, 1.807) is 18.6 Å². The SMILES string of the molecule is c1cnc2nc(CN3CCc4nc(-c5cncnc5)ncc4C3)ccc2c1. The van der Waals surface area contributed by atoms with Gasteiger partial charge in [-0.1, -0.05) is 0 Å². The molecule has 5 rings (SSSR count). The number of pyridine rings is 2. The number of hydrogen-bond donors (Lipinski definition) is 0. The lowest BCUT2D eigenvalue weighted by Gasteiger charge is -2.27. The van der Waals surface area contributed by atoms with Gasteiger partial charge < -0.3 is 0 Å². The molecule has 0 saturated carbocycles. The van der Waals surface area contributed by atoms with Crippen molar-refractivity contribution in [2.75, 3.05) is 6.54 Å². The van der Waals surface area contributed by atoms with Gasteiger partial charge in [0, 0.05) is 61.8 Å². The molecule has 0 saturated heterocycles. The van der Waals surface area contributed by atoms with Gasteiger partial charge in [-0.2, -0.15) is 0 Å². The number of hydrogen-bond acceptors (Lipinski definition) is 7. The Balaban J connectivity index is 1.34. The van der Waals surface area contributed by atoms with E-state index in [9.17, 15) is 0 Å². The van der Waals surface area contributed by atoms with E-state index in [0.717, 1.165) is 54.0 Å². The van der Waals surface area contributed by atoms with Gasteiger partial charge in [-0.25, -0.2) is 29.9 Å². The van der Waals surface area contributed by atoms with Crippen LogP contribution >= 0.6 is 0 Å². The largest absolute Gasteiger partial charge is 0.293 e. The Morgan fingerprint density at radius 2 is 1.89 bits per heavy atom. The molecule has 0 atom stereocenters. The maximum Gasteiger partial charge on any atom is 0.162 e. The third-order valence-electron chi connectivity index (χ3n) is 4.74. The van der Waals surface area contributed by atoms with E-state index in [0.29, 0.717) is 5.82 Å². The second kappa shape index (κ2) is 6.77. The molecule has 0 amide bonds. The van der Waals surface area contributed by atoms with Crippen LogP contribution in [-0.2, 0) is 19.5 Å². The van der Waals surface area contributed by atoms with Gasteiger partial charge in [0.1, 0.15) is 6.33 Å². The van der Waals surface area contributed by atoms with Crippen molar-refractivity contribution < 1.29 is 0 Å². The quantitative estimate of drug-likeness (QED) is 0.558. The van der Waals surface area contributed by atoms with Crippen molar-refractivity contribution in [1.29, 1.82) is 0 Å². The van der Waals surface area contributed by atoms with Crippen LogP contribution in [0.15, 0.2) is 55.4 Å². The van der Waals surface area contributed by atoms with E-state index < -0.39 is 0 Å². The van der Waals surface area contributed by atoms with Crippen LogP contribution in [0.1, 0.15) is 17.0 Å². The highest BCUT2D eigenvalue weighted by Gasteiger charge is 2.19. The molecule has 1 aliphatic heterocycles. The normalized spacial score (nSPS) is 14.2. The molecule has 0 radical (unpaired) electrons. The van der Waals surface area contributed by atoms with Gasteiger partial charge in [0.05, 0.1) is 17.0 Å².